The maximum absolute atomic E-state index is 10.9. The van der Waals surface area contributed by atoms with Crippen molar-refractivity contribution in [3.63, 3.8) is 0 Å². The number of hydrogen-bond acceptors (Lipinski definition) is 3. The lowest BCUT2D eigenvalue weighted by atomic mass is 9.75. The molecule has 0 radical (unpaired) electrons. The summed E-state index contributed by atoms with van der Waals surface area (Å²) in [7, 11) is 0. The summed E-state index contributed by atoms with van der Waals surface area (Å²) in [6.45, 7) is 5.74. The van der Waals surface area contributed by atoms with Crippen molar-refractivity contribution in [2.75, 3.05) is 0 Å². The third-order valence-electron chi connectivity index (χ3n) is 3.04. The van der Waals surface area contributed by atoms with Crippen molar-refractivity contribution in [1.82, 2.24) is 4.98 Å². The molecule has 1 heterocycles. The highest BCUT2D eigenvalue weighted by Crippen LogP contribution is 2.38. The van der Waals surface area contributed by atoms with Gasteiger partial charge >= 0.3 is 0 Å². The van der Waals surface area contributed by atoms with Gasteiger partial charge in [0.2, 0.25) is 0 Å². The van der Waals surface area contributed by atoms with E-state index < -0.39 is 11.0 Å². The predicted octanol–water partition coefficient (Wildman–Crippen LogP) is 2.96. The minimum absolute atomic E-state index is 0.364. The van der Waals surface area contributed by atoms with Crippen molar-refractivity contribution in [3.05, 3.63) is 54.2 Å². The Labute approximate surface area is 113 Å². The van der Waals surface area contributed by atoms with Crippen molar-refractivity contribution in [3.8, 4) is 11.8 Å². The van der Waals surface area contributed by atoms with E-state index in [9.17, 15) is 5.11 Å². The fraction of sp³-hybridized carbons (Fsp3) is 0.312. The minimum atomic E-state index is -1.38. The Balaban J connectivity index is 2.45. The van der Waals surface area contributed by atoms with E-state index in [2.05, 4.69) is 16.8 Å². The van der Waals surface area contributed by atoms with Crippen LogP contribution in [0.3, 0.4) is 0 Å². The number of aliphatic hydroxyl groups is 1. The van der Waals surface area contributed by atoms with E-state index in [4.69, 9.17) is 4.42 Å². The number of hydrogen-bond donors (Lipinski definition) is 1. The van der Waals surface area contributed by atoms with Gasteiger partial charge in [-0.2, -0.15) is 0 Å². The highest BCUT2D eigenvalue weighted by atomic mass is 16.4. The first kappa shape index (κ1) is 13.4. The Hall–Kier alpha value is -2.05. The van der Waals surface area contributed by atoms with Gasteiger partial charge in [-0.3, -0.25) is 0 Å². The van der Waals surface area contributed by atoms with Crippen LogP contribution in [0.15, 0.2) is 47.3 Å². The molecule has 0 aliphatic rings. The standard InChI is InChI=1S/C16H17NO2/c1-15(2,3)16(18,14-11-17-12-19-14)10-9-13-7-5-4-6-8-13/h4-8,11-12,18H,1-3H3. The van der Waals surface area contributed by atoms with Gasteiger partial charge in [-0.15, -0.1) is 0 Å². The summed E-state index contributed by atoms with van der Waals surface area (Å²) in [5.74, 6) is 6.28. The molecule has 0 amide bonds. The number of benzene rings is 1. The number of rotatable bonds is 1. The molecule has 2 aromatic rings. The Morgan fingerprint density at radius 3 is 2.37 bits per heavy atom. The Bertz CT molecular complexity index is 585. The van der Waals surface area contributed by atoms with Gasteiger partial charge in [-0.1, -0.05) is 50.8 Å². The van der Waals surface area contributed by atoms with Crippen LogP contribution >= 0.6 is 0 Å². The van der Waals surface area contributed by atoms with E-state index in [0.717, 1.165) is 5.56 Å². The average molecular weight is 255 g/mol. The van der Waals surface area contributed by atoms with E-state index in [0.29, 0.717) is 5.76 Å². The van der Waals surface area contributed by atoms with Crippen LogP contribution in [-0.4, -0.2) is 10.1 Å². The molecule has 0 saturated carbocycles. The first-order valence-corrected chi connectivity index (χ1v) is 6.13. The molecule has 0 aliphatic heterocycles. The summed E-state index contributed by atoms with van der Waals surface area (Å²) in [5, 5.41) is 10.9. The van der Waals surface area contributed by atoms with Gasteiger partial charge in [0.05, 0.1) is 6.20 Å². The van der Waals surface area contributed by atoms with Gasteiger partial charge in [0, 0.05) is 11.0 Å². The number of oxazole rings is 1. The van der Waals surface area contributed by atoms with Gasteiger partial charge in [-0.05, 0) is 12.1 Å². The lowest BCUT2D eigenvalue weighted by molar-refractivity contribution is -0.0267. The highest BCUT2D eigenvalue weighted by molar-refractivity contribution is 5.38. The smallest absolute Gasteiger partial charge is 0.190 e. The van der Waals surface area contributed by atoms with E-state index in [1.807, 2.05) is 51.1 Å². The molecule has 3 nitrogen and oxygen atoms in total. The van der Waals surface area contributed by atoms with Crippen molar-refractivity contribution in [2.45, 2.75) is 26.4 Å². The molecule has 1 unspecified atom stereocenters. The van der Waals surface area contributed by atoms with Gasteiger partial charge in [0.25, 0.3) is 0 Å². The van der Waals surface area contributed by atoms with Crippen LogP contribution in [0.5, 0.6) is 0 Å². The summed E-state index contributed by atoms with van der Waals surface area (Å²) in [4.78, 5) is 3.86. The third kappa shape index (κ3) is 2.69. The lowest BCUT2D eigenvalue weighted by Gasteiger charge is -2.33. The monoisotopic (exact) mass is 255 g/mol. The molecule has 1 aromatic carbocycles. The van der Waals surface area contributed by atoms with Crippen molar-refractivity contribution < 1.29 is 9.52 Å². The second-order valence-corrected chi connectivity index (χ2v) is 5.44. The lowest BCUT2D eigenvalue weighted by Crippen LogP contribution is -2.38. The van der Waals surface area contributed by atoms with Gasteiger partial charge in [0.1, 0.15) is 0 Å². The maximum Gasteiger partial charge on any atom is 0.190 e. The minimum Gasteiger partial charge on any atom is -0.444 e. The number of nitrogens with zero attached hydrogens (tertiary/aromatic N) is 1. The van der Waals surface area contributed by atoms with Gasteiger partial charge in [0.15, 0.2) is 17.8 Å². The molecular formula is C16H17NO2. The van der Waals surface area contributed by atoms with Crippen molar-refractivity contribution in [1.29, 1.82) is 0 Å². The van der Waals surface area contributed by atoms with E-state index in [1.54, 1.807) is 0 Å². The molecule has 1 atom stereocenters. The molecule has 0 spiro atoms. The van der Waals surface area contributed by atoms with Crippen LogP contribution in [0.25, 0.3) is 0 Å². The van der Waals surface area contributed by atoms with E-state index in [-0.39, 0.29) is 0 Å². The van der Waals surface area contributed by atoms with Crippen molar-refractivity contribution >= 4 is 0 Å². The molecule has 98 valence electrons. The van der Waals surface area contributed by atoms with Crippen molar-refractivity contribution in [2.24, 2.45) is 5.41 Å². The zero-order valence-corrected chi connectivity index (χ0v) is 11.3. The fourth-order valence-corrected chi connectivity index (χ4v) is 1.70. The maximum atomic E-state index is 10.9. The second kappa shape index (κ2) is 4.91. The molecular weight excluding hydrogens is 238 g/mol. The Kier molecular flexibility index (Phi) is 3.46. The Morgan fingerprint density at radius 2 is 1.84 bits per heavy atom. The first-order chi connectivity index (χ1) is 8.93. The first-order valence-electron chi connectivity index (χ1n) is 6.13. The summed E-state index contributed by atoms with van der Waals surface area (Å²) < 4.78 is 5.25. The molecule has 19 heavy (non-hydrogen) atoms. The molecule has 0 bridgehead atoms. The molecule has 0 aliphatic carbocycles. The summed E-state index contributed by atoms with van der Waals surface area (Å²) in [5.41, 5.74) is -1.02. The molecule has 0 saturated heterocycles. The van der Waals surface area contributed by atoms with Crippen LogP contribution < -0.4 is 0 Å². The fourth-order valence-electron chi connectivity index (χ4n) is 1.70. The van der Waals surface area contributed by atoms with Crippen LogP contribution in [0.2, 0.25) is 0 Å². The zero-order chi connectivity index (χ0) is 13.9. The quantitative estimate of drug-likeness (QED) is 0.797. The van der Waals surface area contributed by atoms with Gasteiger partial charge in [-0.25, -0.2) is 4.98 Å². The normalized spacial score (nSPS) is 14.3. The average Bonchev–Trinajstić information content (AvgIpc) is 2.90. The number of aromatic nitrogens is 1. The zero-order valence-electron chi connectivity index (χ0n) is 11.3. The molecule has 2 rings (SSSR count). The van der Waals surface area contributed by atoms with Gasteiger partial charge < -0.3 is 9.52 Å². The summed E-state index contributed by atoms with van der Waals surface area (Å²) in [6.07, 6.45) is 2.81. The summed E-state index contributed by atoms with van der Waals surface area (Å²) >= 11 is 0. The van der Waals surface area contributed by atoms with E-state index in [1.165, 1.54) is 12.6 Å². The molecule has 1 N–H and O–H groups in total. The predicted molar refractivity (Wildman–Crippen MR) is 73.2 cm³/mol. The SMILES string of the molecule is CC(C)(C)C(O)(C#Cc1ccccc1)c1cnco1. The second-order valence-electron chi connectivity index (χ2n) is 5.44. The van der Waals surface area contributed by atoms with Crippen LogP contribution in [0.4, 0.5) is 0 Å². The largest absolute Gasteiger partial charge is 0.444 e. The molecule has 1 aromatic heterocycles. The van der Waals surface area contributed by atoms with Crippen LogP contribution in [0.1, 0.15) is 32.1 Å². The highest BCUT2D eigenvalue weighted by Gasteiger charge is 2.43. The summed E-state index contributed by atoms with van der Waals surface area (Å²) in [6, 6.07) is 9.55. The van der Waals surface area contributed by atoms with Crippen LogP contribution in [0, 0.1) is 17.3 Å². The Morgan fingerprint density at radius 1 is 1.16 bits per heavy atom. The van der Waals surface area contributed by atoms with E-state index >= 15 is 0 Å². The molecule has 3 heteroatoms. The molecule has 0 fully saturated rings. The topological polar surface area (TPSA) is 46.3 Å². The third-order valence-corrected chi connectivity index (χ3v) is 3.04. The van der Waals surface area contributed by atoms with Crippen LogP contribution in [-0.2, 0) is 5.60 Å².